The molecule has 0 aliphatic carbocycles. The minimum Gasteiger partial charge on any atom is -0.492 e. The molecule has 1 atom stereocenters. The van der Waals surface area contributed by atoms with E-state index < -0.39 is 11.5 Å². The van der Waals surface area contributed by atoms with Gasteiger partial charge in [-0.25, -0.2) is 4.79 Å². The largest absolute Gasteiger partial charge is 0.492 e. The van der Waals surface area contributed by atoms with Crippen molar-refractivity contribution in [3.8, 4) is 17.0 Å². The number of hydrogen-bond acceptors (Lipinski definition) is 3. The molecule has 1 aromatic carbocycles. The molecule has 2 N–H and O–H groups in total. The first-order valence-electron chi connectivity index (χ1n) is 6.71. The third-order valence-electron chi connectivity index (χ3n) is 3.73. The lowest BCUT2D eigenvalue weighted by Gasteiger charge is -2.12. The second-order valence-corrected chi connectivity index (χ2v) is 5.36. The lowest BCUT2D eigenvalue weighted by Crippen LogP contribution is -2.20. The van der Waals surface area contributed by atoms with Crippen molar-refractivity contribution in [2.45, 2.75) is 19.8 Å². The molecule has 1 aliphatic rings. The van der Waals surface area contributed by atoms with E-state index in [1.807, 2.05) is 32.0 Å². The normalized spacial score (nSPS) is 16.4. The molecular weight excluding hydrogens is 270 g/mol. The summed E-state index contributed by atoms with van der Waals surface area (Å²) in [4.78, 5) is 25.8. The van der Waals surface area contributed by atoms with E-state index in [4.69, 9.17) is 9.84 Å². The molecule has 0 bridgehead atoms. The molecule has 0 radical (unpaired) electrons. The number of hydrogen-bond donors (Lipinski definition) is 2. The Morgan fingerprint density at radius 3 is 2.86 bits per heavy atom. The van der Waals surface area contributed by atoms with E-state index in [2.05, 4.69) is 4.98 Å². The third kappa shape index (κ3) is 2.20. The van der Waals surface area contributed by atoms with Crippen LogP contribution in [0.3, 0.4) is 0 Å². The average Bonchev–Trinajstić information content (AvgIpc) is 2.56. The van der Waals surface area contributed by atoms with E-state index in [0.29, 0.717) is 18.1 Å². The van der Waals surface area contributed by atoms with Gasteiger partial charge in [-0.05, 0) is 30.7 Å². The van der Waals surface area contributed by atoms with Crippen LogP contribution in [0.25, 0.3) is 11.3 Å². The predicted molar refractivity (Wildman–Crippen MR) is 78.1 cm³/mol. The SMILES string of the molecule is Cc1ccc2c(c1)-c1[nH]c(=O)c(C(=O)O)cc1[C@H](C)CO2. The highest BCUT2D eigenvalue weighted by Crippen LogP contribution is 2.37. The van der Waals surface area contributed by atoms with Crippen molar-refractivity contribution >= 4 is 5.97 Å². The maximum absolute atomic E-state index is 12.0. The molecule has 5 heteroatoms. The van der Waals surface area contributed by atoms with Crippen LogP contribution in [0.1, 0.15) is 34.3 Å². The third-order valence-corrected chi connectivity index (χ3v) is 3.73. The van der Waals surface area contributed by atoms with Gasteiger partial charge < -0.3 is 14.8 Å². The summed E-state index contributed by atoms with van der Waals surface area (Å²) < 4.78 is 5.77. The van der Waals surface area contributed by atoms with Crippen molar-refractivity contribution in [2.75, 3.05) is 6.61 Å². The molecule has 1 aliphatic heterocycles. The molecule has 2 heterocycles. The van der Waals surface area contributed by atoms with Gasteiger partial charge in [0.15, 0.2) is 0 Å². The summed E-state index contributed by atoms with van der Waals surface area (Å²) in [6, 6.07) is 7.21. The maximum Gasteiger partial charge on any atom is 0.341 e. The van der Waals surface area contributed by atoms with Gasteiger partial charge in [-0.3, -0.25) is 4.79 Å². The Hall–Kier alpha value is -2.56. The fraction of sp³-hybridized carbons (Fsp3) is 0.250. The number of carbonyl (C=O) groups is 1. The highest BCUT2D eigenvalue weighted by atomic mass is 16.5. The number of aromatic carboxylic acids is 1. The highest BCUT2D eigenvalue weighted by molar-refractivity contribution is 5.88. The number of carboxylic acids is 1. The van der Waals surface area contributed by atoms with Crippen LogP contribution in [-0.2, 0) is 0 Å². The molecule has 0 fully saturated rings. The Kier molecular flexibility index (Phi) is 3.05. The molecule has 0 spiro atoms. The summed E-state index contributed by atoms with van der Waals surface area (Å²) in [6.07, 6.45) is 0. The van der Waals surface area contributed by atoms with E-state index >= 15 is 0 Å². The van der Waals surface area contributed by atoms with Crippen molar-refractivity contribution in [3.05, 3.63) is 51.3 Å². The number of aromatic amines is 1. The van der Waals surface area contributed by atoms with Gasteiger partial charge in [-0.15, -0.1) is 0 Å². The molecule has 0 saturated carbocycles. The van der Waals surface area contributed by atoms with Crippen LogP contribution in [-0.4, -0.2) is 22.7 Å². The average molecular weight is 285 g/mol. The number of pyridine rings is 1. The molecule has 0 saturated heterocycles. The minimum atomic E-state index is -1.22. The number of aromatic nitrogens is 1. The molecule has 0 amide bonds. The number of benzene rings is 1. The first-order valence-corrected chi connectivity index (χ1v) is 6.71. The molecule has 1 aromatic heterocycles. The van der Waals surface area contributed by atoms with Crippen LogP contribution in [0.4, 0.5) is 0 Å². The van der Waals surface area contributed by atoms with Crippen molar-refractivity contribution in [1.82, 2.24) is 4.98 Å². The lowest BCUT2D eigenvalue weighted by molar-refractivity contribution is 0.0695. The summed E-state index contributed by atoms with van der Waals surface area (Å²) >= 11 is 0. The number of nitrogens with one attached hydrogen (secondary N) is 1. The lowest BCUT2D eigenvalue weighted by atomic mass is 9.95. The maximum atomic E-state index is 12.0. The molecule has 5 nitrogen and oxygen atoms in total. The van der Waals surface area contributed by atoms with Gasteiger partial charge >= 0.3 is 5.97 Å². The Labute approximate surface area is 121 Å². The number of ether oxygens (including phenoxy) is 1. The number of fused-ring (bicyclic) bond motifs is 3. The molecule has 108 valence electrons. The van der Waals surface area contributed by atoms with Gasteiger partial charge in [0, 0.05) is 11.5 Å². The minimum absolute atomic E-state index is 0.0114. The molecule has 3 rings (SSSR count). The fourth-order valence-electron chi connectivity index (χ4n) is 2.59. The first-order chi connectivity index (χ1) is 9.97. The van der Waals surface area contributed by atoms with Gasteiger partial charge in [0.2, 0.25) is 0 Å². The number of carboxylic acid groups (broad SMARTS) is 1. The Balaban J connectivity index is 2.33. The summed E-state index contributed by atoms with van der Waals surface area (Å²) in [5, 5.41) is 9.11. The molecule has 2 aromatic rings. The van der Waals surface area contributed by atoms with Gasteiger partial charge in [0.05, 0.1) is 12.3 Å². The van der Waals surface area contributed by atoms with E-state index in [9.17, 15) is 9.59 Å². The second-order valence-electron chi connectivity index (χ2n) is 5.36. The predicted octanol–water partition coefficient (Wildman–Crippen LogP) is 2.54. The Bertz CT molecular complexity index is 791. The summed E-state index contributed by atoms with van der Waals surface area (Å²) in [5.41, 5.74) is 2.44. The highest BCUT2D eigenvalue weighted by Gasteiger charge is 2.24. The molecule has 21 heavy (non-hydrogen) atoms. The van der Waals surface area contributed by atoms with Gasteiger partial charge in [0.25, 0.3) is 5.56 Å². The second kappa shape index (κ2) is 4.77. The van der Waals surface area contributed by atoms with Crippen molar-refractivity contribution in [1.29, 1.82) is 0 Å². The fourth-order valence-corrected chi connectivity index (χ4v) is 2.59. The summed E-state index contributed by atoms with van der Waals surface area (Å²) in [6.45, 7) is 4.34. The Morgan fingerprint density at radius 2 is 2.14 bits per heavy atom. The van der Waals surface area contributed by atoms with E-state index in [1.165, 1.54) is 6.07 Å². The van der Waals surface area contributed by atoms with Crippen molar-refractivity contribution < 1.29 is 14.6 Å². The smallest absolute Gasteiger partial charge is 0.341 e. The van der Waals surface area contributed by atoms with E-state index in [1.54, 1.807) is 0 Å². The van der Waals surface area contributed by atoms with E-state index in [0.717, 1.165) is 16.7 Å². The monoisotopic (exact) mass is 285 g/mol. The van der Waals surface area contributed by atoms with Crippen LogP contribution < -0.4 is 10.3 Å². The summed E-state index contributed by atoms with van der Waals surface area (Å²) in [7, 11) is 0. The standard InChI is InChI=1S/C16H15NO4/c1-8-3-4-13-11(5-8)14-10(9(2)7-21-13)6-12(16(19)20)15(18)17-14/h3-6,9H,7H2,1-2H3,(H,17,18)(H,19,20)/t9-/m1/s1. The Morgan fingerprint density at radius 1 is 1.38 bits per heavy atom. The van der Waals surface area contributed by atoms with Crippen molar-refractivity contribution in [3.63, 3.8) is 0 Å². The number of rotatable bonds is 1. The first kappa shape index (κ1) is 13.4. The topological polar surface area (TPSA) is 79.4 Å². The number of H-pyrrole nitrogens is 1. The van der Waals surface area contributed by atoms with E-state index in [-0.39, 0.29) is 11.5 Å². The number of aryl methyl sites for hydroxylation is 1. The van der Waals surface area contributed by atoms with Crippen LogP contribution >= 0.6 is 0 Å². The van der Waals surface area contributed by atoms with Gasteiger partial charge in [-0.1, -0.05) is 18.6 Å². The van der Waals surface area contributed by atoms with Crippen LogP contribution in [0.2, 0.25) is 0 Å². The zero-order chi connectivity index (χ0) is 15.1. The van der Waals surface area contributed by atoms with Crippen LogP contribution in [0, 0.1) is 6.92 Å². The zero-order valence-corrected chi connectivity index (χ0v) is 11.8. The van der Waals surface area contributed by atoms with Crippen LogP contribution in [0.15, 0.2) is 29.1 Å². The quantitative estimate of drug-likeness (QED) is 0.844. The molecular formula is C16H15NO4. The van der Waals surface area contributed by atoms with Crippen molar-refractivity contribution in [2.24, 2.45) is 0 Å². The zero-order valence-electron chi connectivity index (χ0n) is 11.8. The molecule has 0 unspecified atom stereocenters. The van der Waals surface area contributed by atoms with Gasteiger partial charge in [0.1, 0.15) is 11.3 Å². The summed E-state index contributed by atoms with van der Waals surface area (Å²) in [5.74, 6) is -0.534. The van der Waals surface area contributed by atoms with Gasteiger partial charge in [-0.2, -0.15) is 0 Å². The van der Waals surface area contributed by atoms with Crippen LogP contribution in [0.5, 0.6) is 5.75 Å².